The van der Waals surface area contributed by atoms with Crippen LogP contribution in [0.2, 0.25) is 0 Å². The van der Waals surface area contributed by atoms with Crippen molar-refractivity contribution in [2.45, 2.75) is 303 Å². The Bertz CT molecular complexity index is 4220. The molecule has 0 radical (unpaired) electrons. The fourth-order valence-corrected chi connectivity index (χ4v) is 20.7. The molecule has 5 aliphatic heterocycles. The van der Waals surface area contributed by atoms with Crippen LogP contribution >= 0.6 is 152 Å². The number of nitrogens with one attached hydrogen (secondary N) is 1. The highest BCUT2D eigenvalue weighted by atomic mass is 35.5. The number of amides is 4. The summed E-state index contributed by atoms with van der Waals surface area (Å²) in [5.74, 6) is -5.85. The van der Waals surface area contributed by atoms with Gasteiger partial charge in [-0.25, -0.2) is 38.4 Å². The number of fused-ring (bicyclic) bond motifs is 4. The van der Waals surface area contributed by atoms with Crippen molar-refractivity contribution in [1.29, 1.82) is 0 Å². The predicted octanol–water partition coefficient (Wildman–Crippen LogP) is 21.7. The molecule has 0 unspecified atom stereocenters. The summed E-state index contributed by atoms with van der Waals surface area (Å²) in [4.78, 5) is 145. The Morgan fingerprint density at radius 2 is 0.825 bits per heavy atom. The largest absolute Gasteiger partial charge is 0.490 e. The molecule has 6 N–H and O–H groups in total. The van der Waals surface area contributed by atoms with Gasteiger partial charge in [-0.15, -0.1) is 152 Å². The first-order valence-corrected chi connectivity index (χ1v) is 51.2. The van der Waals surface area contributed by atoms with Crippen molar-refractivity contribution in [3.8, 4) is 0 Å². The van der Waals surface area contributed by atoms with Crippen LogP contribution in [0, 0.1) is 76.9 Å². The van der Waals surface area contributed by atoms with Gasteiger partial charge in [-0.3, -0.25) is 38.3 Å². The monoisotopic (exact) mass is 2300 g/mol. The molecule has 1 aromatic rings. The minimum atomic E-state index is -5.08. The van der Waals surface area contributed by atoms with Gasteiger partial charge in [-0.1, -0.05) is 128 Å². The van der Waals surface area contributed by atoms with Crippen LogP contribution in [0.25, 0.3) is 0 Å². The molecule has 12 aliphatic rings. The van der Waals surface area contributed by atoms with Crippen LogP contribution in [0.5, 0.6) is 0 Å². The number of aliphatic hydroxyl groups is 1. The summed E-state index contributed by atoms with van der Waals surface area (Å²) in [5.41, 5.74) is -1.88. The zero-order valence-electron chi connectivity index (χ0n) is 86.6. The fourth-order valence-electron chi connectivity index (χ4n) is 17.0. The molecule has 7 aliphatic carbocycles. The lowest BCUT2D eigenvalue weighted by molar-refractivity contribution is -0.192. The third-order valence-electron chi connectivity index (χ3n) is 24.2. The maximum absolute atomic E-state index is 12.9. The number of nitrogens with zero attached hydrogens (tertiary/aromatic N) is 5. The third kappa shape index (κ3) is 44.9. The second-order valence-electron chi connectivity index (χ2n) is 40.0. The van der Waals surface area contributed by atoms with Crippen LogP contribution in [0.4, 0.5) is 31.9 Å². The predicted molar refractivity (Wildman–Crippen MR) is 554 cm³/mol. The second kappa shape index (κ2) is 62.2. The summed E-state index contributed by atoms with van der Waals surface area (Å²) in [6.45, 7) is 42.7. The number of hydrogen-bond acceptors (Lipinski definition) is 22. The van der Waals surface area contributed by atoms with Gasteiger partial charge in [0.1, 0.15) is 63.5 Å². The number of rotatable bonds is 14. The van der Waals surface area contributed by atoms with Crippen molar-refractivity contribution in [3.05, 3.63) is 60.2 Å². The molecular weight excluding hydrogens is 2160 g/mol. The minimum Gasteiger partial charge on any atom is -0.481 e. The van der Waals surface area contributed by atoms with Crippen LogP contribution in [0.1, 0.15) is 222 Å². The Hall–Kier alpha value is -4.89. The molecule has 30 nitrogen and oxygen atoms in total. The maximum Gasteiger partial charge on any atom is 0.490 e. The van der Waals surface area contributed by atoms with Crippen molar-refractivity contribution in [3.63, 3.8) is 0 Å². The van der Waals surface area contributed by atoms with E-state index < -0.39 is 143 Å². The molecule has 16 atom stereocenters. The lowest BCUT2D eigenvalue weighted by atomic mass is 9.80. The number of carboxylic acids is 4. The van der Waals surface area contributed by atoms with Crippen molar-refractivity contribution >= 4 is 224 Å². The summed E-state index contributed by atoms with van der Waals surface area (Å²) in [6.07, 6.45) is 13.3. The van der Waals surface area contributed by atoms with Crippen LogP contribution < -0.4 is 5.32 Å². The zero-order chi connectivity index (χ0) is 110. The van der Waals surface area contributed by atoms with Gasteiger partial charge in [0.2, 0.25) is 5.91 Å². The molecule has 10 fully saturated rings. The van der Waals surface area contributed by atoms with E-state index in [-0.39, 0.29) is 120 Å². The van der Waals surface area contributed by atoms with Crippen LogP contribution in [0.15, 0.2) is 54.6 Å². The highest BCUT2D eigenvalue weighted by Crippen LogP contribution is 2.70. The molecule has 47 heteroatoms. The van der Waals surface area contributed by atoms with Crippen LogP contribution in [-0.4, -0.2) is 290 Å². The molecule has 3 saturated heterocycles. The summed E-state index contributed by atoms with van der Waals surface area (Å²) < 4.78 is 79.9. The first-order valence-electron chi connectivity index (χ1n) is 47.3. The van der Waals surface area contributed by atoms with Crippen molar-refractivity contribution < 1.29 is 135 Å². The van der Waals surface area contributed by atoms with Gasteiger partial charge in [-0.2, -0.15) is 13.2 Å². The first kappa shape index (κ1) is 138. The Labute approximate surface area is 909 Å². The van der Waals surface area contributed by atoms with Gasteiger partial charge in [0, 0.05) is 93.1 Å². The molecule has 5 heterocycles. The maximum atomic E-state index is 12.9. The average Bonchev–Trinajstić information content (AvgIpc) is 1.51. The number of aliphatic hydroxyl groups excluding tert-OH is 1. The van der Waals surface area contributed by atoms with E-state index >= 15 is 0 Å². The molecule has 0 spiro atoms. The Morgan fingerprint density at radius 3 is 1.13 bits per heavy atom. The highest BCUT2D eigenvalue weighted by Gasteiger charge is 2.76. The van der Waals surface area contributed by atoms with Crippen molar-refractivity contribution in [2.24, 2.45) is 76.9 Å². The van der Waals surface area contributed by atoms with Gasteiger partial charge in [0.05, 0.1) is 39.9 Å². The van der Waals surface area contributed by atoms with E-state index in [2.05, 4.69) is 35.7 Å². The van der Waals surface area contributed by atoms with Gasteiger partial charge in [-0.05, 0) is 185 Å². The average molecular weight is 2310 g/mol. The number of likely N-dealkylation sites (tertiary alicyclic amines) is 2. The van der Waals surface area contributed by atoms with Gasteiger partial charge < -0.3 is 73.8 Å². The molecule has 0 bridgehead atoms. The summed E-state index contributed by atoms with van der Waals surface area (Å²) in [7, 11) is 2.71. The number of esters is 4. The number of halogens is 17. The van der Waals surface area contributed by atoms with Gasteiger partial charge >= 0.3 is 72.2 Å². The molecule has 7 saturated carbocycles. The number of hydrogen-bond donors (Lipinski definition) is 6. The summed E-state index contributed by atoms with van der Waals surface area (Å²) in [6, 6.07) is 6.63. The molecule has 828 valence electrons. The van der Waals surface area contributed by atoms with E-state index in [1.165, 1.54) is 98.7 Å². The number of carbonyl (C=O) groups excluding carboxylic acids is 8. The highest BCUT2D eigenvalue weighted by molar-refractivity contribution is 6.53. The zero-order valence-corrected chi connectivity index (χ0v) is 95.5. The smallest absolute Gasteiger partial charge is 0.481 e. The molecule has 143 heavy (non-hydrogen) atoms. The molecule has 4 amide bonds. The summed E-state index contributed by atoms with van der Waals surface area (Å²) >= 11 is 63.4. The van der Waals surface area contributed by atoms with Crippen LogP contribution in [0.3, 0.4) is 0 Å². The number of piperidine rings is 3. The van der Waals surface area contributed by atoms with E-state index in [4.69, 9.17) is 188 Å². The van der Waals surface area contributed by atoms with E-state index in [9.17, 15) is 70.3 Å². The van der Waals surface area contributed by atoms with Crippen molar-refractivity contribution in [1.82, 2.24) is 29.8 Å². The third-order valence-corrected chi connectivity index (χ3v) is 28.8. The SMILES string of the molecule is CC(C)(C)OC(=O)N1CC=C[C@H]1C(=O)O.CC(C)(C)OC(=O)[C@@H]1C=CCN1C(=O)OC(C)(C)C.CC(C)(C)OC(=O)[C@@H]1[C@@H]2[C@H](CN1C(=O)OC(C)(C)C)C2(Cl)Cl.CCN(CC)CC.CO.COC(=O)[C@@H]1[C@@H]2[C@H](CN1C(=O)[C@@H](C)C1CCCCC1)C2(Cl)Cl.COC(=O)[C@H]1NC[C@H]2[C@@H]1C2(Cl)Cl.C[C@H](C(=O)O)C1CCCCC1.Cl.Cl.ClCCl.ClCc1ccccc1.O=C(O)C(F)(F)F.O=C(O)[C@H]1CC[C@H]2[C@@H]1C2(Cl)Cl.[2H]CF. The number of benzene rings is 1. The molecule has 13 rings (SSSR count). The summed E-state index contributed by atoms with van der Waals surface area (Å²) in [5, 5.41) is 43.6. The number of carboxylic acid groups (broad SMARTS) is 4. The number of carbonyl (C=O) groups is 12. The number of aliphatic carboxylic acids is 4. The van der Waals surface area contributed by atoms with Crippen LogP contribution in [-0.2, 0) is 82.2 Å². The van der Waals surface area contributed by atoms with E-state index in [0.717, 1.165) is 45.6 Å². The van der Waals surface area contributed by atoms with Crippen molar-refractivity contribution in [2.75, 3.05) is 86.2 Å². The number of ether oxygens (including phenoxy) is 7. The first-order chi connectivity index (χ1) is 65.3. The Morgan fingerprint density at radius 1 is 0.476 bits per heavy atom. The van der Waals surface area contributed by atoms with Gasteiger partial charge in [0.15, 0.2) is 12.1 Å². The molecule has 0 aromatic heterocycles. The number of alkyl halides is 15. The number of methoxy groups -OCH3 is 2. The normalized spacial score (nSPS) is 25.3. The molecule has 1 aromatic carbocycles. The lowest BCUT2D eigenvalue weighted by Crippen LogP contribution is -2.49. The topological polar surface area (TPSA) is 399 Å². The lowest BCUT2D eigenvalue weighted by Gasteiger charge is -2.34. The molecular formula is C96H151Cl13F4N6O24. The standard InChI is InChI=1S/C16H23Cl2NO3.C15H23Cl2NO4.C14H23NO4.C10H15NO4.C9H16O2.C7H9Cl2NO2.C7H8Cl2O2.C7H7Cl.C6H15N.C2HF3O2.CH2Cl2.CH3F.CH4O.2ClH/c1-9(10-6-4-3-5-7-10)14(20)19-8-11-12(16(11,17)18)13(19)15(21)22-2;1-13(2,3)21-11(19)10-9-8(15(9,16)17)7-18(10)12(20)22-14(4,5)6;1-13(2,3)18-11(16)10-8-7-9-15(10)12(17)19-14(4,5)6;1-10(2,3)15-9(14)11-6-4-5-7(11)8(12)13;1-7(9(10)11)8-5-3-2-4-6-8;1-12-6(11)5-4-3(2-10-5)7(4,8)9;8-7(9)4-2-1-3(5(4)7)6(10)11;8-6-7-4-2-1-3-5-7;1-4-7(5-2)6-3;3-2(4,5)1(6)7;2-1-3;2*1-2;;/h9-13H,3-8H2,1-2H3;8-10H,7H2,1-6H3;7-8,10H,9H2,1-6H3;4-5,7H,6H2,1-3H3,(H,12,13);7-8H,2-6H2,1H3,(H,10,11);3-5,10H,2H2,1H3;3-5H,1-2H2,(H,10,11);1-5H,6H2;4-6H2,1-3H3;(H,6,7);1H2;1H3;2H,1H3;2*1H/t9-,11-,12-,13-;8-,9-,10-;10-;2*7-;3-,4-,5-;3-,4-,5+;;;;;;;;/m0000000......../s1/i;;;;;;;;;;;1D;;;. The quantitative estimate of drug-likeness (QED) is 0.0331. The second-order valence-corrected chi connectivity index (χ2v) is 46.8. The van der Waals surface area contributed by atoms with E-state index in [0.29, 0.717) is 43.9 Å². The minimum absolute atomic E-state index is 0. The van der Waals surface area contributed by atoms with E-state index in [1.54, 1.807) is 127 Å². The van der Waals surface area contributed by atoms with Gasteiger partial charge in [0.25, 0.3) is 0 Å². The fraction of sp³-hybridized carbons (Fsp3) is 0.771. The Balaban J connectivity index is 0. The Kier molecular flexibility index (Phi) is 60.1. The van der Waals surface area contributed by atoms with E-state index in [1.807, 2.05) is 44.2 Å².